The minimum Gasteiger partial charge on any atom is -0.352 e. The van der Waals surface area contributed by atoms with E-state index < -0.39 is 16.8 Å². The van der Waals surface area contributed by atoms with Gasteiger partial charge in [-0.15, -0.1) is 11.8 Å². The fraction of sp³-hybridized carbons (Fsp3) is 0.625. The van der Waals surface area contributed by atoms with Gasteiger partial charge in [-0.2, -0.15) is 0 Å². The number of benzene rings is 1. The number of hydrogen-bond donors (Lipinski definition) is 2. The zero-order chi connectivity index (χ0) is 22.3. The van der Waals surface area contributed by atoms with Crippen molar-refractivity contribution in [3.63, 3.8) is 0 Å². The molecule has 1 saturated carbocycles. The largest absolute Gasteiger partial charge is 0.352 e. The third-order valence-electron chi connectivity index (χ3n) is 7.04. The van der Waals surface area contributed by atoms with Gasteiger partial charge in [-0.3, -0.25) is 14.4 Å². The Morgan fingerprint density at radius 3 is 2.58 bits per heavy atom. The molecular formula is C24H33N3O3S. The Morgan fingerprint density at radius 1 is 1.23 bits per heavy atom. The van der Waals surface area contributed by atoms with Crippen LogP contribution in [0.25, 0.3) is 0 Å². The monoisotopic (exact) mass is 443 g/mol. The Hall–Kier alpha value is -2.02. The van der Waals surface area contributed by atoms with E-state index in [1.807, 2.05) is 52.0 Å². The summed E-state index contributed by atoms with van der Waals surface area (Å²) in [4.78, 5) is 41.5. The maximum atomic E-state index is 13.6. The Kier molecular flexibility index (Phi) is 6.08. The average molecular weight is 444 g/mol. The molecule has 4 atom stereocenters. The Bertz CT molecular complexity index is 881. The second-order valence-electron chi connectivity index (χ2n) is 9.64. The number of carbonyl (C=O) groups is 3. The Balaban J connectivity index is 1.55. The maximum absolute atomic E-state index is 13.6. The van der Waals surface area contributed by atoms with Gasteiger partial charge in [0.2, 0.25) is 11.8 Å². The highest BCUT2D eigenvalue weighted by Gasteiger charge is 2.57. The van der Waals surface area contributed by atoms with E-state index in [1.165, 1.54) is 0 Å². The number of nitrogens with one attached hydrogen (secondary N) is 2. The van der Waals surface area contributed by atoms with Gasteiger partial charge in [0.25, 0.3) is 5.91 Å². The summed E-state index contributed by atoms with van der Waals surface area (Å²) in [6, 6.07) is 6.56. The summed E-state index contributed by atoms with van der Waals surface area (Å²) >= 11 is 1.64. The normalized spacial score (nSPS) is 26.3. The van der Waals surface area contributed by atoms with Crippen molar-refractivity contribution in [2.45, 2.75) is 88.0 Å². The number of rotatable bonds is 6. The SMILES string of the molecule is CCC(C)C(NC(=O)C1N2C(=O)c3ccccc3C2SC1(C)C)C(=O)NC1CCCC1. The molecule has 0 bridgehead atoms. The van der Waals surface area contributed by atoms with Crippen LogP contribution >= 0.6 is 11.8 Å². The molecule has 6 nitrogen and oxygen atoms in total. The summed E-state index contributed by atoms with van der Waals surface area (Å²) in [5.74, 6) is -0.446. The first-order valence-corrected chi connectivity index (χ1v) is 12.3. The molecular weight excluding hydrogens is 410 g/mol. The first-order valence-electron chi connectivity index (χ1n) is 11.4. The molecule has 4 unspecified atom stereocenters. The minimum absolute atomic E-state index is 0.00444. The quantitative estimate of drug-likeness (QED) is 0.704. The molecule has 0 spiro atoms. The first-order chi connectivity index (χ1) is 14.7. The highest BCUT2D eigenvalue weighted by molar-refractivity contribution is 8.01. The van der Waals surface area contributed by atoms with Gasteiger partial charge in [-0.05, 0) is 44.2 Å². The van der Waals surface area contributed by atoms with Gasteiger partial charge in [0, 0.05) is 16.4 Å². The van der Waals surface area contributed by atoms with Crippen molar-refractivity contribution in [3.05, 3.63) is 35.4 Å². The highest BCUT2D eigenvalue weighted by Crippen LogP contribution is 2.56. The first kappa shape index (κ1) is 22.2. The molecule has 1 aliphatic carbocycles. The third-order valence-corrected chi connectivity index (χ3v) is 8.57. The summed E-state index contributed by atoms with van der Waals surface area (Å²) in [6.45, 7) is 8.03. The number of fused-ring (bicyclic) bond motifs is 3. The average Bonchev–Trinajstić information content (AvgIpc) is 3.41. The van der Waals surface area contributed by atoms with E-state index in [9.17, 15) is 14.4 Å². The van der Waals surface area contributed by atoms with Crippen molar-refractivity contribution < 1.29 is 14.4 Å². The zero-order valence-electron chi connectivity index (χ0n) is 18.8. The topological polar surface area (TPSA) is 78.5 Å². The summed E-state index contributed by atoms with van der Waals surface area (Å²) in [5, 5.41) is 6.02. The van der Waals surface area contributed by atoms with Crippen LogP contribution in [0, 0.1) is 5.92 Å². The highest BCUT2D eigenvalue weighted by atomic mass is 32.2. The van der Waals surface area contributed by atoms with Gasteiger partial charge in [0.15, 0.2) is 0 Å². The molecule has 3 amide bonds. The van der Waals surface area contributed by atoms with E-state index >= 15 is 0 Å². The predicted octanol–water partition coefficient (Wildman–Crippen LogP) is 3.62. The Labute approximate surface area is 188 Å². The minimum atomic E-state index is -0.631. The second-order valence-corrected chi connectivity index (χ2v) is 11.4. The van der Waals surface area contributed by atoms with Crippen LogP contribution in [-0.2, 0) is 9.59 Å². The van der Waals surface area contributed by atoms with Crippen LogP contribution in [-0.4, -0.2) is 45.5 Å². The second kappa shape index (κ2) is 8.49. The van der Waals surface area contributed by atoms with E-state index in [4.69, 9.17) is 0 Å². The van der Waals surface area contributed by atoms with Crippen molar-refractivity contribution in [2.24, 2.45) is 5.92 Å². The molecule has 2 N–H and O–H groups in total. The number of nitrogens with zero attached hydrogens (tertiary/aromatic N) is 1. The molecule has 1 aromatic carbocycles. The van der Waals surface area contributed by atoms with Gasteiger partial charge in [-0.25, -0.2) is 0 Å². The summed E-state index contributed by atoms with van der Waals surface area (Å²) < 4.78 is -0.458. The van der Waals surface area contributed by atoms with Gasteiger partial charge in [0.1, 0.15) is 17.5 Å². The molecule has 31 heavy (non-hydrogen) atoms. The van der Waals surface area contributed by atoms with E-state index in [-0.39, 0.29) is 35.1 Å². The van der Waals surface area contributed by atoms with Gasteiger partial charge < -0.3 is 15.5 Å². The van der Waals surface area contributed by atoms with Gasteiger partial charge in [-0.1, -0.05) is 51.3 Å². The van der Waals surface area contributed by atoms with Crippen LogP contribution in [0.15, 0.2) is 24.3 Å². The summed E-state index contributed by atoms with van der Waals surface area (Å²) in [6.07, 6.45) is 5.06. The van der Waals surface area contributed by atoms with Gasteiger partial charge in [0.05, 0.1) is 0 Å². The Morgan fingerprint density at radius 2 is 1.90 bits per heavy atom. The van der Waals surface area contributed by atoms with E-state index in [2.05, 4.69) is 10.6 Å². The third kappa shape index (κ3) is 3.97. The maximum Gasteiger partial charge on any atom is 0.256 e. The molecule has 2 heterocycles. The molecule has 0 radical (unpaired) electrons. The van der Waals surface area contributed by atoms with Gasteiger partial charge >= 0.3 is 0 Å². The van der Waals surface area contributed by atoms with Crippen molar-refractivity contribution in [3.8, 4) is 0 Å². The smallest absolute Gasteiger partial charge is 0.256 e. The van der Waals surface area contributed by atoms with E-state index in [1.54, 1.807) is 16.7 Å². The number of thioether (sulfide) groups is 1. The molecule has 1 saturated heterocycles. The van der Waals surface area contributed by atoms with E-state index in [0.29, 0.717) is 5.56 Å². The molecule has 2 fully saturated rings. The van der Waals surface area contributed by atoms with Crippen molar-refractivity contribution >= 4 is 29.5 Å². The number of hydrogen-bond acceptors (Lipinski definition) is 4. The predicted molar refractivity (Wildman–Crippen MR) is 123 cm³/mol. The molecule has 2 aliphatic heterocycles. The molecule has 0 aromatic heterocycles. The van der Waals surface area contributed by atoms with Crippen LogP contribution in [0.1, 0.15) is 81.1 Å². The van der Waals surface area contributed by atoms with Crippen LogP contribution in [0.5, 0.6) is 0 Å². The summed E-state index contributed by atoms with van der Waals surface area (Å²) in [7, 11) is 0. The fourth-order valence-corrected chi connectivity index (χ4v) is 6.69. The van der Waals surface area contributed by atoms with Crippen molar-refractivity contribution in [1.29, 1.82) is 0 Å². The van der Waals surface area contributed by atoms with Crippen molar-refractivity contribution in [2.75, 3.05) is 0 Å². The number of amides is 3. The lowest BCUT2D eigenvalue weighted by atomic mass is 9.95. The standard InChI is InChI=1S/C24H33N3O3S/c1-5-14(2)18(20(28)25-15-10-6-7-11-15)26-21(29)19-24(3,4)31-23-17-13-9-8-12-16(17)22(30)27(19)23/h8-9,12-15,18-19,23H,5-7,10-11H2,1-4H3,(H,25,28)(H,26,29). The molecule has 168 valence electrons. The summed E-state index contributed by atoms with van der Waals surface area (Å²) in [5.41, 5.74) is 1.64. The molecule has 4 rings (SSSR count). The molecule has 3 aliphatic rings. The lowest BCUT2D eigenvalue weighted by Gasteiger charge is -2.32. The van der Waals surface area contributed by atoms with Crippen LogP contribution in [0.3, 0.4) is 0 Å². The lowest BCUT2D eigenvalue weighted by Crippen LogP contribution is -2.59. The zero-order valence-corrected chi connectivity index (χ0v) is 19.6. The van der Waals surface area contributed by atoms with Crippen LogP contribution in [0.2, 0.25) is 0 Å². The van der Waals surface area contributed by atoms with Crippen LogP contribution < -0.4 is 10.6 Å². The number of carbonyl (C=O) groups excluding carboxylic acids is 3. The van der Waals surface area contributed by atoms with Crippen LogP contribution in [0.4, 0.5) is 0 Å². The molecule has 1 aromatic rings. The molecule has 7 heteroatoms. The van der Waals surface area contributed by atoms with Crippen molar-refractivity contribution in [1.82, 2.24) is 15.5 Å². The van der Waals surface area contributed by atoms with E-state index in [0.717, 1.165) is 37.7 Å². The fourth-order valence-electron chi connectivity index (χ4n) is 5.10. The lowest BCUT2D eigenvalue weighted by molar-refractivity contribution is -0.133.